The van der Waals surface area contributed by atoms with Crippen LogP contribution in [0.2, 0.25) is 0 Å². The fourth-order valence-electron chi connectivity index (χ4n) is 3.66. The highest BCUT2D eigenvalue weighted by Gasteiger charge is 2.35. The Morgan fingerprint density at radius 3 is 2.48 bits per heavy atom. The van der Waals surface area contributed by atoms with Crippen LogP contribution in [0.3, 0.4) is 0 Å². The van der Waals surface area contributed by atoms with Crippen molar-refractivity contribution in [2.75, 3.05) is 13.1 Å². The summed E-state index contributed by atoms with van der Waals surface area (Å²) in [5.41, 5.74) is 0.331. The largest absolute Gasteiger partial charge is 0.347 e. The SMILES string of the molecule is O=C(NCc1nc(-c2ccccc2)no1)C1CCN(S(=O)(=O)c2ccccc2[N+](=O)[O-])CC1. The van der Waals surface area contributed by atoms with Gasteiger partial charge >= 0.3 is 0 Å². The van der Waals surface area contributed by atoms with Crippen LogP contribution in [0.5, 0.6) is 0 Å². The van der Waals surface area contributed by atoms with Gasteiger partial charge in [0.1, 0.15) is 0 Å². The molecule has 1 aliphatic rings. The molecule has 12 heteroatoms. The smallest absolute Gasteiger partial charge is 0.289 e. The fourth-order valence-corrected chi connectivity index (χ4v) is 5.29. The van der Waals surface area contributed by atoms with Crippen LogP contribution >= 0.6 is 0 Å². The summed E-state index contributed by atoms with van der Waals surface area (Å²) in [4.78, 5) is 27.0. The molecule has 2 heterocycles. The van der Waals surface area contributed by atoms with E-state index in [0.29, 0.717) is 18.7 Å². The minimum absolute atomic E-state index is 0.0629. The molecule has 0 aliphatic carbocycles. The van der Waals surface area contributed by atoms with E-state index in [1.54, 1.807) is 0 Å². The number of nitro benzene ring substituents is 1. The van der Waals surface area contributed by atoms with E-state index in [4.69, 9.17) is 4.52 Å². The zero-order valence-corrected chi connectivity index (χ0v) is 18.3. The van der Waals surface area contributed by atoms with Gasteiger partial charge in [0.2, 0.25) is 27.6 Å². The molecule has 33 heavy (non-hydrogen) atoms. The molecule has 172 valence electrons. The van der Waals surface area contributed by atoms with E-state index < -0.39 is 26.6 Å². The number of carbonyl (C=O) groups excluding carboxylic acids is 1. The predicted octanol–water partition coefficient (Wildman–Crippen LogP) is 2.36. The van der Waals surface area contributed by atoms with Crippen molar-refractivity contribution in [3.63, 3.8) is 0 Å². The van der Waals surface area contributed by atoms with Crippen molar-refractivity contribution in [2.24, 2.45) is 5.92 Å². The molecule has 0 saturated carbocycles. The normalized spacial score (nSPS) is 15.3. The Morgan fingerprint density at radius 1 is 1.12 bits per heavy atom. The lowest BCUT2D eigenvalue weighted by Gasteiger charge is -2.30. The van der Waals surface area contributed by atoms with Crippen LogP contribution in [0.25, 0.3) is 11.4 Å². The molecule has 1 N–H and O–H groups in total. The van der Waals surface area contributed by atoms with Gasteiger partial charge in [-0.1, -0.05) is 47.6 Å². The van der Waals surface area contributed by atoms with Gasteiger partial charge in [0.05, 0.1) is 11.5 Å². The average Bonchev–Trinajstić information content (AvgIpc) is 3.32. The molecule has 0 bridgehead atoms. The molecule has 2 aromatic carbocycles. The van der Waals surface area contributed by atoms with E-state index in [9.17, 15) is 23.3 Å². The summed E-state index contributed by atoms with van der Waals surface area (Å²) in [5, 5.41) is 17.9. The first-order valence-corrected chi connectivity index (χ1v) is 11.7. The zero-order valence-electron chi connectivity index (χ0n) is 17.5. The van der Waals surface area contributed by atoms with E-state index in [1.165, 1.54) is 22.5 Å². The Balaban J connectivity index is 1.33. The number of rotatable bonds is 7. The van der Waals surface area contributed by atoms with Crippen LogP contribution in [-0.4, -0.2) is 46.8 Å². The maximum atomic E-state index is 12.9. The third-order valence-corrected chi connectivity index (χ3v) is 7.36. The minimum atomic E-state index is -4.04. The Morgan fingerprint density at radius 2 is 1.79 bits per heavy atom. The van der Waals surface area contributed by atoms with E-state index >= 15 is 0 Å². The monoisotopic (exact) mass is 471 g/mol. The van der Waals surface area contributed by atoms with Gasteiger partial charge in [-0.2, -0.15) is 9.29 Å². The van der Waals surface area contributed by atoms with E-state index in [2.05, 4.69) is 15.5 Å². The summed E-state index contributed by atoms with van der Waals surface area (Å²) in [6, 6.07) is 14.5. The van der Waals surface area contributed by atoms with Gasteiger partial charge in [0.25, 0.3) is 5.69 Å². The number of carbonyl (C=O) groups is 1. The lowest BCUT2D eigenvalue weighted by Crippen LogP contribution is -2.43. The summed E-state index contributed by atoms with van der Waals surface area (Å²) in [7, 11) is -4.04. The van der Waals surface area contributed by atoms with Gasteiger partial charge < -0.3 is 9.84 Å². The first kappa shape index (κ1) is 22.6. The van der Waals surface area contributed by atoms with Crippen molar-refractivity contribution in [1.29, 1.82) is 0 Å². The molecule has 1 saturated heterocycles. The van der Waals surface area contributed by atoms with E-state index in [0.717, 1.165) is 11.6 Å². The maximum absolute atomic E-state index is 12.9. The Hall–Kier alpha value is -3.64. The number of amides is 1. The summed E-state index contributed by atoms with van der Waals surface area (Å²) >= 11 is 0. The molecule has 1 amide bonds. The highest BCUT2D eigenvalue weighted by Crippen LogP contribution is 2.29. The molecule has 0 spiro atoms. The molecule has 0 radical (unpaired) electrons. The number of hydrogen-bond donors (Lipinski definition) is 1. The minimum Gasteiger partial charge on any atom is -0.347 e. The molecule has 3 aromatic rings. The summed E-state index contributed by atoms with van der Waals surface area (Å²) in [5.74, 6) is 0.0582. The van der Waals surface area contributed by atoms with Crippen molar-refractivity contribution in [3.05, 3.63) is 70.6 Å². The molecule has 11 nitrogen and oxygen atoms in total. The van der Waals surface area contributed by atoms with Crippen LogP contribution < -0.4 is 5.32 Å². The standard InChI is InChI=1S/C21H21N5O6S/c27-21(22-14-19-23-20(24-32-19)15-6-2-1-3-7-15)16-10-12-25(13-11-16)33(30,31)18-9-5-4-8-17(18)26(28)29/h1-9,16H,10-14H2,(H,22,27). The number of nitrogens with zero attached hydrogens (tertiary/aromatic N) is 4. The quantitative estimate of drug-likeness (QED) is 0.408. The van der Waals surface area contributed by atoms with Crippen LogP contribution in [0, 0.1) is 16.0 Å². The second-order valence-electron chi connectivity index (χ2n) is 7.50. The van der Waals surface area contributed by atoms with Gasteiger partial charge in [-0.15, -0.1) is 0 Å². The van der Waals surface area contributed by atoms with Gasteiger partial charge in [-0.25, -0.2) is 8.42 Å². The number of hydrogen-bond acceptors (Lipinski definition) is 8. The molecular formula is C21H21N5O6S. The zero-order chi connectivity index (χ0) is 23.4. The number of nitrogens with one attached hydrogen (secondary N) is 1. The summed E-state index contributed by atoms with van der Waals surface area (Å²) in [6.07, 6.45) is 0.593. The highest BCUT2D eigenvalue weighted by molar-refractivity contribution is 7.89. The van der Waals surface area contributed by atoms with Crippen molar-refractivity contribution in [2.45, 2.75) is 24.3 Å². The molecule has 1 fully saturated rings. The van der Waals surface area contributed by atoms with Crippen LogP contribution in [-0.2, 0) is 21.4 Å². The number of nitro groups is 1. The van der Waals surface area contributed by atoms with Gasteiger partial charge in [0, 0.05) is 30.6 Å². The third-order valence-electron chi connectivity index (χ3n) is 5.42. The van der Waals surface area contributed by atoms with Gasteiger partial charge in [0.15, 0.2) is 4.90 Å². The Kier molecular flexibility index (Phi) is 6.47. The van der Waals surface area contributed by atoms with E-state index in [1.807, 2.05) is 30.3 Å². The number of aromatic nitrogens is 2. The molecule has 1 aromatic heterocycles. The van der Waals surface area contributed by atoms with Crippen LogP contribution in [0.1, 0.15) is 18.7 Å². The second-order valence-corrected chi connectivity index (χ2v) is 9.41. The second kappa shape index (κ2) is 9.46. The van der Waals surface area contributed by atoms with Crippen molar-refractivity contribution in [1.82, 2.24) is 19.8 Å². The van der Waals surface area contributed by atoms with Crippen molar-refractivity contribution >= 4 is 21.6 Å². The molecule has 4 rings (SSSR count). The molecule has 0 atom stereocenters. The summed E-state index contributed by atoms with van der Waals surface area (Å²) in [6.45, 7) is 0.240. The first-order chi connectivity index (χ1) is 15.9. The topological polar surface area (TPSA) is 149 Å². The molecule has 1 aliphatic heterocycles. The van der Waals surface area contributed by atoms with Crippen molar-refractivity contribution < 1.29 is 22.7 Å². The first-order valence-electron chi connectivity index (χ1n) is 10.3. The molecule has 0 unspecified atom stereocenters. The van der Waals surface area contributed by atoms with Gasteiger partial charge in [-0.05, 0) is 18.9 Å². The molecular weight excluding hydrogens is 450 g/mol. The Bertz CT molecular complexity index is 1250. The lowest BCUT2D eigenvalue weighted by atomic mass is 9.97. The van der Waals surface area contributed by atoms with Gasteiger partial charge in [-0.3, -0.25) is 14.9 Å². The fraction of sp³-hybridized carbons (Fsp3) is 0.286. The average molecular weight is 471 g/mol. The van der Waals surface area contributed by atoms with Crippen molar-refractivity contribution in [3.8, 4) is 11.4 Å². The number of piperidine rings is 1. The predicted molar refractivity (Wildman–Crippen MR) is 116 cm³/mol. The third kappa shape index (κ3) is 4.91. The Labute approximate surface area is 189 Å². The van der Waals surface area contributed by atoms with Crippen LogP contribution in [0.4, 0.5) is 5.69 Å². The lowest BCUT2D eigenvalue weighted by molar-refractivity contribution is -0.387. The maximum Gasteiger partial charge on any atom is 0.289 e. The highest BCUT2D eigenvalue weighted by atomic mass is 32.2. The van der Waals surface area contributed by atoms with Crippen LogP contribution in [0.15, 0.2) is 64.0 Å². The number of para-hydroxylation sites is 1. The number of benzene rings is 2. The number of sulfonamides is 1. The summed E-state index contributed by atoms with van der Waals surface area (Å²) < 4.78 is 32.2. The van der Waals surface area contributed by atoms with E-state index in [-0.39, 0.29) is 36.3 Å².